The molecule has 1 aliphatic rings. The van der Waals surface area contributed by atoms with Crippen LogP contribution in [0.3, 0.4) is 0 Å². The summed E-state index contributed by atoms with van der Waals surface area (Å²) in [5.41, 5.74) is 9.90. The summed E-state index contributed by atoms with van der Waals surface area (Å²) in [7, 11) is 0. The van der Waals surface area contributed by atoms with Crippen molar-refractivity contribution in [1.29, 1.82) is 0 Å². The van der Waals surface area contributed by atoms with E-state index in [4.69, 9.17) is 10.7 Å². The highest BCUT2D eigenvalue weighted by molar-refractivity contribution is 5.99. The average Bonchev–Trinajstić information content (AvgIpc) is 3.23. The largest absolute Gasteiger partial charge is 0.451 e. The number of aromatic nitrogens is 5. The van der Waals surface area contributed by atoms with Gasteiger partial charge in [-0.05, 0) is 43.2 Å². The van der Waals surface area contributed by atoms with Crippen molar-refractivity contribution >= 4 is 28.1 Å². The predicted molar refractivity (Wildman–Crippen MR) is 123 cm³/mol. The fourth-order valence-electron chi connectivity index (χ4n) is 4.40. The molecule has 0 fully saturated rings. The summed E-state index contributed by atoms with van der Waals surface area (Å²) >= 11 is 0. The quantitative estimate of drug-likeness (QED) is 0.466. The van der Waals surface area contributed by atoms with Crippen LogP contribution in [0.25, 0.3) is 10.8 Å². The van der Waals surface area contributed by atoms with E-state index < -0.39 is 12.0 Å². The molecule has 1 aromatic carbocycles. The predicted octanol–water partition coefficient (Wildman–Crippen LogP) is 4.07. The van der Waals surface area contributed by atoms with Crippen LogP contribution >= 0.6 is 0 Å². The molecule has 0 atom stereocenters. The molecule has 0 aliphatic carbocycles. The van der Waals surface area contributed by atoms with Gasteiger partial charge in [0.05, 0.1) is 6.54 Å². The summed E-state index contributed by atoms with van der Waals surface area (Å²) in [6, 6.07) is 9.75. The third-order valence-electron chi connectivity index (χ3n) is 6.16. The number of nitrogen functional groups attached to an aromatic ring is 1. The maximum Gasteiger partial charge on any atom is 0.451 e. The lowest BCUT2D eigenvalue weighted by molar-refractivity contribution is -0.147. The lowest BCUT2D eigenvalue weighted by Gasteiger charge is -2.29. The van der Waals surface area contributed by atoms with Crippen LogP contribution in [0.1, 0.15) is 28.5 Å². The molecule has 176 valence electrons. The molecule has 3 aromatic heterocycles. The third kappa shape index (κ3) is 3.87. The van der Waals surface area contributed by atoms with Gasteiger partial charge in [-0.3, -0.25) is 0 Å². The van der Waals surface area contributed by atoms with Crippen molar-refractivity contribution in [1.82, 2.24) is 24.7 Å². The molecule has 11 heteroatoms. The van der Waals surface area contributed by atoms with Gasteiger partial charge in [0, 0.05) is 48.0 Å². The molecular weight excluding hydrogens is 445 g/mol. The molecule has 0 unspecified atom stereocenters. The monoisotopic (exact) mass is 468 g/mol. The normalized spacial score (nSPS) is 13.9. The van der Waals surface area contributed by atoms with Crippen LogP contribution < -0.4 is 16.0 Å². The molecule has 4 heterocycles. The zero-order valence-electron chi connectivity index (χ0n) is 18.7. The van der Waals surface area contributed by atoms with Crippen molar-refractivity contribution in [2.24, 2.45) is 0 Å². The number of hydrogen-bond acceptors (Lipinski definition) is 7. The van der Waals surface area contributed by atoms with Crippen LogP contribution in [-0.2, 0) is 25.8 Å². The topological polar surface area (TPSA) is 97.8 Å². The Bertz CT molecular complexity index is 1360. The number of nitrogens with zero attached hydrogens (tertiary/aromatic N) is 6. The number of pyridine rings is 2. The fourth-order valence-corrected chi connectivity index (χ4v) is 4.40. The number of anilines is 3. The SMILES string of the molecule is Cc1cc(N2CCn3c(nnc3C(F)(F)F)C2)nc(C)c1CNc1cccc2c(N)nccc12. The number of nitrogens with one attached hydrogen (secondary N) is 1. The van der Waals surface area contributed by atoms with E-state index in [0.717, 1.165) is 37.8 Å². The van der Waals surface area contributed by atoms with E-state index in [2.05, 4.69) is 20.5 Å². The average molecular weight is 468 g/mol. The molecular formula is C23H23F3N8. The molecule has 3 N–H and O–H groups in total. The van der Waals surface area contributed by atoms with Crippen LogP contribution in [0, 0.1) is 13.8 Å². The highest BCUT2D eigenvalue weighted by Crippen LogP contribution is 2.31. The van der Waals surface area contributed by atoms with Gasteiger partial charge >= 0.3 is 6.18 Å². The highest BCUT2D eigenvalue weighted by Gasteiger charge is 2.39. The summed E-state index contributed by atoms with van der Waals surface area (Å²) in [4.78, 5) is 10.8. The van der Waals surface area contributed by atoms with Gasteiger partial charge in [0.2, 0.25) is 5.82 Å². The van der Waals surface area contributed by atoms with Gasteiger partial charge in [-0.1, -0.05) is 12.1 Å². The lowest BCUT2D eigenvalue weighted by atomic mass is 10.1. The van der Waals surface area contributed by atoms with E-state index >= 15 is 0 Å². The Labute approximate surface area is 193 Å². The van der Waals surface area contributed by atoms with Gasteiger partial charge in [0.15, 0.2) is 5.82 Å². The first kappa shape index (κ1) is 21.9. The summed E-state index contributed by atoms with van der Waals surface area (Å²) in [5.74, 6) is 0.533. The first-order chi connectivity index (χ1) is 16.2. The van der Waals surface area contributed by atoms with Crippen molar-refractivity contribution in [2.75, 3.05) is 22.5 Å². The Balaban J connectivity index is 1.36. The van der Waals surface area contributed by atoms with Gasteiger partial charge < -0.3 is 20.5 Å². The molecule has 5 rings (SSSR count). The Morgan fingerprint density at radius 3 is 2.68 bits per heavy atom. The van der Waals surface area contributed by atoms with E-state index in [9.17, 15) is 13.2 Å². The standard InChI is InChI=1S/C23H23F3N8/c1-13-10-19(33-8-9-34-20(12-33)31-32-22(34)23(24,25)26)30-14(2)17(13)11-29-18-5-3-4-16-15(18)6-7-28-21(16)27/h3-7,10,29H,8-9,11-12H2,1-2H3,(H2,27,28). The number of hydrogen-bond donors (Lipinski definition) is 2. The van der Waals surface area contributed by atoms with Crippen molar-refractivity contribution < 1.29 is 13.2 Å². The molecule has 8 nitrogen and oxygen atoms in total. The van der Waals surface area contributed by atoms with Crippen LogP contribution in [0.4, 0.5) is 30.5 Å². The van der Waals surface area contributed by atoms with Crippen molar-refractivity contribution in [3.8, 4) is 0 Å². The minimum atomic E-state index is -4.51. The molecule has 0 radical (unpaired) electrons. The molecule has 0 saturated carbocycles. The van der Waals surface area contributed by atoms with Gasteiger partial charge in [-0.15, -0.1) is 10.2 Å². The van der Waals surface area contributed by atoms with Crippen LogP contribution in [-0.4, -0.2) is 31.3 Å². The van der Waals surface area contributed by atoms with E-state index in [0.29, 0.717) is 24.7 Å². The first-order valence-corrected chi connectivity index (χ1v) is 10.8. The fraction of sp³-hybridized carbons (Fsp3) is 0.304. The number of fused-ring (bicyclic) bond motifs is 2. The van der Waals surface area contributed by atoms with Crippen molar-refractivity contribution in [2.45, 2.75) is 39.7 Å². The number of aryl methyl sites for hydroxylation is 2. The molecule has 0 amide bonds. The highest BCUT2D eigenvalue weighted by atomic mass is 19.4. The molecule has 0 saturated heterocycles. The van der Waals surface area contributed by atoms with Gasteiger partial charge in [-0.2, -0.15) is 13.2 Å². The van der Waals surface area contributed by atoms with Crippen LogP contribution in [0.15, 0.2) is 36.5 Å². The molecule has 0 spiro atoms. The number of halogens is 3. The summed E-state index contributed by atoms with van der Waals surface area (Å²) in [5, 5.41) is 12.5. The minimum Gasteiger partial charge on any atom is -0.383 e. The van der Waals surface area contributed by atoms with E-state index in [1.165, 1.54) is 0 Å². The molecule has 0 bridgehead atoms. The van der Waals surface area contributed by atoms with Crippen molar-refractivity contribution in [3.05, 3.63) is 65.0 Å². The Morgan fingerprint density at radius 1 is 1.09 bits per heavy atom. The van der Waals surface area contributed by atoms with Gasteiger partial charge in [0.1, 0.15) is 11.6 Å². The summed E-state index contributed by atoms with van der Waals surface area (Å²) in [6.07, 6.45) is -2.83. The smallest absolute Gasteiger partial charge is 0.383 e. The maximum atomic E-state index is 13.1. The maximum absolute atomic E-state index is 13.1. The summed E-state index contributed by atoms with van der Waals surface area (Å²) in [6.45, 7) is 5.27. The number of alkyl halides is 3. The van der Waals surface area contributed by atoms with E-state index in [1.807, 2.05) is 49.1 Å². The second kappa shape index (κ2) is 8.15. The van der Waals surface area contributed by atoms with E-state index in [1.54, 1.807) is 6.20 Å². The van der Waals surface area contributed by atoms with E-state index in [-0.39, 0.29) is 18.9 Å². The number of nitrogens with two attached hydrogens (primary N) is 1. The van der Waals surface area contributed by atoms with Crippen molar-refractivity contribution in [3.63, 3.8) is 0 Å². The molecule has 34 heavy (non-hydrogen) atoms. The zero-order valence-corrected chi connectivity index (χ0v) is 18.7. The Kier molecular flexibility index (Phi) is 5.26. The first-order valence-electron chi connectivity index (χ1n) is 10.8. The van der Waals surface area contributed by atoms with Crippen LogP contribution in [0.5, 0.6) is 0 Å². The second-order valence-electron chi connectivity index (χ2n) is 8.32. The zero-order chi connectivity index (χ0) is 24.0. The lowest BCUT2D eigenvalue weighted by Crippen LogP contribution is -2.36. The summed E-state index contributed by atoms with van der Waals surface area (Å²) < 4.78 is 40.5. The number of benzene rings is 1. The Morgan fingerprint density at radius 2 is 1.91 bits per heavy atom. The van der Waals surface area contributed by atoms with Gasteiger partial charge in [-0.25, -0.2) is 9.97 Å². The second-order valence-corrected chi connectivity index (χ2v) is 8.32. The van der Waals surface area contributed by atoms with Crippen LogP contribution in [0.2, 0.25) is 0 Å². The van der Waals surface area contributed by atoms with Gasteiger partial charge in [0.25, 0.3) is 0 Å². The Hall–Kier alpha value is -3.89. The third-order valence-corrected chi connectivity index (χ3v) is 6.16. The minimum absolute atomic E-state index is 0.152. The molecule has 4 aromatic rings. The molecule has 1 aliphatic heterocycles. The number of rotatable bonds is 4.